The lowest BCUT2D eigenvalue weighted by molar-refractivity contribution is 0.0953. The van der Waals surface area contributed by atoms with Crippen LogP contribution in [0.3, 0.4) is 0 Å². The Morgan fingerprint density at radius 2 is 2.04 bits per heavy atom. The summed E-state index contributed by atoms with van der Waals surface area (Å²) in [4.78, 5) is 16.4. The number of rotatable bonds is 7. The van der Waals surface area contributed by atoms with Gasteiger partial charge in [0.2, 0.25) is 15.9 Å². The second kappa shape index (κ2) is 8.47. The highest BCUT2D eigenvalue weighted by molar-refractivity contribution is 7.89. The topological polar surface area (TPSA) is 121 Å². The molecule has 1 unspecified atom stereocenters. The summed E-state index contributed by atoms with van der Waals surface area (Å²) in [5, 5.41) is 7.86. The zero-order chi connectivity index (χ0) is 19.3. The second-order valence-corrected chi connectivity index (χ2v) is 7.74. The van der Waals surface area contributed by atoms with Crippen LogP contribution in [0.1, 0.15) is 22.3 Å². The molecule has 0 radical (unpaired) electrons. The number of carbonyl (C=O) groups excluding carboxylic acids is 1. The van der Waals surface area contributed by atoms with Crippen molar-refractivity contribution in [2.75, 3.05) is 19.8 Å². The van der Waals surface area contributed by atoms with E-state index in [9.17, 15) is 13.2 Å². The summed E-state index contributed by atoms with van der Waals surface area (Å²) in [5.74, 6) is 0.233. The fourth-order valence-electron chi connectivity index (χ4n) is 2.63. The van der Waals surface area contributed by atoms with Gasteiger partial charge in [-0.15, -0.1) is 0 Å². The van der Waals surface area contributed by atoms with Crippen molar-refractivity contribution < 1.29 is 22.7 Å². The third-order valence-electron chi connectivity index (χ3n) is 4.12. The molecule has 3 N–H and O–H groups in total. The average molecular weight is 391 g/mol. The van der Waals surface area contributed by atoms with Crippen molar-refractivity contribution in [2.24, 2.45) is 5.14 Å². The third-order valence-corrected chi connectivity index (χ3v) is 5.05. The number of pyridine rings is 1. The lowest BCUT2D eigenvalue weighted by Crippen LogP contribution is -2.26. The normalized spacial score (nSPS) is 16.9. The van der Waals surface area contributed by atoms with Crippen molar-refractivity contribution in [3.05, 3.63) is 53.7 Å². The summed E-state index contributed by atoms with van der Waals surface area (Å²) in [7, 11) is -3.69. The van der Waals surface area contributed by atoms with Crippen molar-refractivity contribution >= 4 is 15.9 Å². The Hall–Kier alpha value is -2.49. The number of nitrogens with zero attached hydrogens (tertiary/aromatic N) is 1. The number of primary sulfonamides is 1. The number of hydrogen-bond acceptors (Lipinski definition) is 6. The van der Waals surface area contributed by atoms with Crippen LogP contribution in [-0.2, 0) is 21.2 Å². The lowest BCUT2D eigenvalue weighted by atomic mass is 10.1. The van der Waals surface area contributed by atoms with E-state index in [2.05, 4.69) is 10.3 Å². The molecule has 0 spiro atoms. The molecule has 2 aromatic rings. The minimum atomic E-state index is -3.69. The summed E-state index contributed by atoms with van der Waals surface area (Å²) >= 11 is 0. The number of ether oxygens (including phenoxy) is 2. The quantitative estimate of drug-likeness (QED) is 0.722. The van der Waals surface area contributed by atoms with Crippen LogP contribution in [0.4, 0.5) is 0 Å². The molecule has 1 aliphatic rings. The molecule has 2 heterocycles. The van der Waals surface area contributed by atoms with Crippen molar-refractivity contribution in [1.29, 1.82) is 0 Å². The molecule has 0 bridgehead atoms. The predicted octanol–water partition coefficient (Wildman–Crippen LogP) is 0.869. The highest BCUT2D eigenvalue weighted by Gasteiger charge is 2.17. The standard InChI is InChI=1S/C18H21N3O5S/c19-27(23,24)16-4-1-13(2-5-16)7-9-20-18(22)14-3-6-17(21-11-14)26-15-8-10-25-12-15/h1-6,11,15H,7-10,12H2,(H,20,22)(H2,19,23,24). The molecule has 144 valence electrons. The van der Waals surface area contributed by atoms with Gasteiger partial charge in [0.05, 0.1) is 23.7 Å². The van der Waals surface area contributed by atoms with Gasteiger partial charge in [-0.05, 0) is 30.2 Å². The van der Waals surface area contributed by atoms with Gasteiger partial charge >= 0.3 is 0 Å². The molecular weight excluding hydrogens is 370 g/mol. The van der Waals surface area contributed by atoms with Crippen LogP contribution in [0, 0.1) is 0 Å². The number of nitrogens with one attached hydrogen (secondary N) is 1. The van der Waals surface area contributed by atoms with Gasteiger partial charge in [-0.3, -0.25) is 4.79 Å². The Bertz CT molecular complexity index is 876. The Balaban J connectivity index is 1.47. The molecule has 9 heteroatoms. The summed E-state index contributed by atoms with van der Waals surface area (Å²) in [6.07, 6.45) is 2.88. The van der Waals surface area contributed by atoms with E-state index in [-0.39, 0.29) is 16.9 Å². The molecule has 3 rings (SSSR count). The smallest absolute Gasteiger partial charge is 0.252 e. The molecule has 1 atom stereocenters. The molecule has 27 heavy (non-hydrogen) atoms. The SMILES string of the molecule is NS(=O)(=O)c1ccc(CCNC(=O)c2ccc(OC3CCOC3)nc2)cc1. The van der Waals surface area contributed by atoms with Crippen LogP contribution in [0.2, 0.25) is 0 Å². The summed E-state index contributed by atoms with van der Waals surface area (Å²) in [6, 6.07) is 9.57. The summed E-state index contributed by atoms with van der Waals surface area (Å²) in [5.41, 5.74) is 1.33. The lowest BCUT2D eigenvalue weighted by Gasteiger charge is -2.11. The fourth-order valence-corrected chi connectivity index (χ4v) is 3.14. The van der Waals surface area contributed by atoms with Crippen LogP contribution >= 0.6 is 0 Å². The molecule has 1 saturated heterocycles. The number of nitrogens with two attached hydrogens (primary N) is 1. The highest BCUT2D eigenvalue weighted by Crippen LogP contribution is 2.14. The monoisotopic (exact) mass is 391 g/mol. The molecule has 0 aliphatic carbocycles. The Labute approximate surface area is 157 Å². The highest BCUT2D eigenvalue weighted by atomic mass is 32.2. The second-order valence-electron chi connectivity index (χ2n) is 6.18. The molecule has 8 nitrogen and oxygen atoms in total. The van der Waals surface area contributed by atoms with E-state index < -0.39 is 10.0 Å². The van der Waals surface area contributed by atoms with E-state index >= 15 is 0 Å². The third kappa shape index (κ3) is 5.49. The van der Waals surface area contributed by atoms with Crippen LogP contribution < -0.4 is 15.2 Å². The molecule has 1 aromatic carbocycles. The molecular formula is C18H21N3O5S. The zero-order valence-electron chi connectivity index (χ0n) is 14.6. The van der Waals surface area contributed by atoms with Gasteiger partial charge in [-0.1, -0.05) is 12.1 Å². The van der Waals surface area contributed by atoms with Gasteiger partial charge in [-0.2, -0.15) is 0 Å². The van der Waals surface area contributed by atoms with Crippen molar-refractivity contribution in [2.45, 2.75) is 23.8 Å². The maximum absolute atomic E-state index is 12.2. The Morgan fingerprint density at radius 3 is 2.63 bits per heavy atom. The van der Waals surface area contributed by atoms with Crippen molar-refractivity contribution in [3.8, 4) is 5.88 Å². The first-order chi connectivity index (χ1) is 12.9. The number of benzene rings is 1. The number of hydrogen-bond donors (Lipinski definition) is 2. The summed E-state index contributed by atoms with van der Waals surface area (Å²) < 4.78 is 33.4. The van der Waals surface area contributed by atoms with Crippen LogP contribution in [0.5, 0.6) is 5.88 Å². The largest absolute Gasteiger partial charge is 0.472 e. The molecule has 0 saturated carbocycles. The minimum Gasteiger partial charge on any atom is -0.472 e. The van der Waals surface area contributed by atoms with Crippen LogP contribution in [0.25, 0.3) is 0 Å². The van der Waals surface area contributed by atoms with E-state index in [4.69, 9.17) is 14.6 Å². The zero-order valence-corrected chi connectivity index (χ0v) is 15.4. The van der Waals surface area contributed by atoms with E-state index in [1.54, 1.807) is 24.3 Å². The first-order valence-electron chi connectivity index (χ1n) is 8.52. The maximum Gasteiger partial charge on any atom is 0.252 e. The molecule has 1 fully saturated rings. The number of amides is 1. The fraction of sp³-hybridized carbons (Fsp3) is 0.333. The first kappa shape index (κ1) is 19.3. The van der Waals surface area contributed by atoms with Crippen molar-refractivity contribution in [3.63, 3.8) is 0 Å². The van der Waals surface area contributed by atoms with E-state index in [1.807, 2.05) is 0 Å². The number of aromatic nitrogens is 1. The first-order valence-corrected chi connectivity index (χ1v) is 10.1. The molecule has 1 aromatic heterocycles. The van der Waals surface area contributed by atoms with Gasteiger partial charge in [0.1, 0.15) is 6.10 Å². The maximum atomic E-state index is 12.2. The molecule has 1 aliphatic heterocycles. The van der Waals surface area contributed by atoms with Gasteiger partial charge < -0.3 is 14.8 Å². The Morgan fingerprint density at radius 1 is 1.26 bits per heavy atom. The van der Waals surface area contributed by atoms with Crippen molar-refractivity contribution in [1.82, 2.24) is 10.3 Å². The van der Waals surface area contributed by atoms with E-state index in [0.29, 0.717) is 37.6 Å². The van der Waals surface area contributed by atoms with Gasteiger partial charge in [0.25, 0.3) is 5.91 Å². The summed E-state index contributed by atoms with van der Waals surface area (Å²) in [6.45, 7) is 1.66. The minimum absolute atomic E-state index is 0.0119. The number of sulfonamides is 1. The van der Waals surface area contributed by atoms with E-state index in [1.165, 1.54) is 18.3 Å². The Kier molecular flexibility index (Phi) is 6.04. The van der Waals surface area contributed by atoms with Crippen LogP contribution in [-0.4, -0.2) is 45.2 Å². The number of carbonyl (C=O) groups is 1. The molecule has 1 amide bonds. The van der Waals surface area contributed by atoms with Gasteiger partial charge in [0, 0.05) is 25.2 Å². The van der Waals surface area contributed by atoms with Crippen LogP contribution in [0.15, 0.2) is 47.5 Å². The average Bonchev–Trinajstić information content (AvgIpc) is 3.15. The van der Waals surface area contributed by atoms with E-state index in [0.717, 1.165) is 12.0 Å². The van der Waals surface area contributed by atoms with Gasteiger partial charge in [0.15, 0.2) is 0 Å². The van der Waals surface area contributed by atoms with Gasteiger partial charge in [-0.25, -0.2) is 18.5 Å². The predicted molar refractivity (Wildman–Crippen MR) is 97.9 cm³/mol.